The topological polar surface area (TPSA) is 80.7 Å². The Hall–Kier alpha value is -3.92. The number of carbonyl (C=O) groups is 1. The maximum absolute atomic E-state index is 12.0. The lowest BCUT2D eigenvalue weighted by Gasteiger charge is -2.29. The summed E-state index contributed by atoms with van der Waals surface area (Å²) in [6, 6.07) is 22.8. The van der Waals surface area contributed by atoms with Crippen LogP contribution in [-0.4, -0.2) is 41.4 Å². The van der Waals surface area contributed by atoms with Crippen LogP contribution in [0.25, 0.3) is 5.69 Å². The number of aromatic nitrogens is 2. The molecule has 1 aliphatic heterocycles. The van der Waals surface area contributed by atoms with E-state index in [0.29, 0.717) is 15.8 Å². The summed E-state index contributed by atoms with van der Waals surface area (Å²) >= 11 is 12.5. The highest BCUT2D eigenvalue weighted by molar-refractivity contribution is 7.80. The van der Waals surface area contributed by atoms with Crippen LogP contribution < -0.4 is 20.3 Å². The standard InChI is InChI=1S/C28H26ClN5O3S/c1-36-17-25(35)31-22-13-10-19(16-21(22)29)34-27(26(32-28(34)38)23-6-3-4-14-30-23)24-7-5-15-33(24)18-8-11-20(37-2)12-9-18/h3-16,26-27H,17H2,1-2H3,(H,31,35)(H,32,38)/t26-,27-/m1/s1. The fourth-order valence-electron chi connectivity index (χ4n) is 4.62. The molecule has 2 N–H and O–H groups in total. The quantitative estimate of drug-likeness (QED) is 0.290. The molecule has 0 spiro atoms. The van der Waals surface area contributed by atoms with Crippen molar-refractivity contribution >= 4 is 46.2 Å². The lowest BCUT2D eigenvalue weighted by atomic mass is 10.0. The van der Waals surface area contributed by atoms with E-state index in [9.17, 15) is 4.79 Å². The van der Waals surface area contributed by atoms with E-state index < -0.39 is 0 Å². The number of halogens is 1. The molecule has 2 aromatic carbocycles. The minimum atomic E-state index is -0.286. The van der Waals surface area contributed by atoms with Crippen LogP contribution in [0.5, 0.6) is 5.75 Å². The number of hydrogen-bond acceptors (Lipinski definition) is 5. The van der Waals surface area contributed by atoms with Gasteiger partial charge in [0.1, 0.15) is 18.4 Å². The monoisotopic (exact) mass is 547 g/mol. The van der Waals surface area contributed by atoms with Crippen molar-refractivity contribution < 1.29 is 14.3 Å². The van der Waals surface area contributed by atoms with E-state index in [1.54, 1.807) is 25.4 Å². The van der Waals surface area contributed by atoms with E-state index >= 15 is 0 Å². The van der Waals surface area contributed by atoms with Crippen molar-refractivity contribution in [3.8, 4) is 11.4 Å². The predicted octanol–water partition coefficient (Wildman–Crippen LogP) is 5.30. The Kier molecular flexibility index (Phi) is 7.59. The molecule has 0 bridgehead atoms. The van der Waals surface area contributed by atoms with Crippen LogP contribution in [0.4, 0.5) is 11.4 Å². The fraction of sp³-hybridized carbons (Fsp3) is 0.179. The number of hydrogen-bond donors (Lipinski definition) is 2. The molecule has 2 atom stereocenters. The number of carbonyl (C=O) groups excluding carboxylic acids is 1. The summed E-state index contributed by atoms with van der Waals surface area (Å²) in [5.41, 5.74) is 4.13. The summed E-state index contributed by atoms with van der Waals surface area (Å²) in [6.07, 6.45) is 3.80. The van der Waals surface area contributed by atoms with Crippen molar-refractivity contribution in [1.29, 1.82) is 0 Å². The number of benzene rings is 2. The average molecular weight is 548 g/mol. The van der Waals surface area contributed by atoms with E-state index in [1.807, 2.05) is 65.7 Å². The smallest absolute Gasteiger partial charge is 0.250 e. The van der Waals surface area contributed by atoms with Gasteiger partial charge in [-0.25, -0.2) is 0 Å². The summed E-state index contributed by atoms with van der Waals surface area (Å²) in [5, 5.41) is 7.17. The maximum atomic E-state index is 12.0. The summed E-state index contributed by atoms with van der Waals surface area (Å²) < 4.78 is 12.4. The number of pyridine rings is 1. The highest BCUT2D eigenvalue weighted by Gasteiger charge is 2.42. The third-order valence-corrected chi connectivity index (χ3v) is 6.94. The summed E-state index contributed by atoms with van der Waals surface area (Å²) in [7, 11) is 3.11. The Labute approximate surface area is 231 Å². The fourth-order valence-corrected chi connectivity index (χ4v) is 5.19. The molecule has 1 aliphatic rings. The van der Waals surface area contributed by atoms with Gasteiger partial charge in [0, 0.05) is 36.6 Å². The average Bonchev–Trinajstić information content (AvgIpc) is 3.55. The zero-order chi connectivity index (χ0) is 26.6. The number of nitrogens with one attached hydrogen (secondary N) is 2. The summed E-state index contributed by atoms with van der Waals surface area (Å²) in [4.78, 5) is 18.7. The number of amides is 1. The molecule has 38 heavy (non-hydrogen) atoms. The molecule has 5 rings (SSSR count). The number of nitrogens with zero attached hydrogens (tertiary/aromatic N) is 3. The van der Waals surface area contributed by atoms with Crippen molar-refractivity contribution in [3.05, 3.63) is 102 Å². The van der Waals surface area contributed by atoms with Gasteiger partial charge in [-0.1, -0.05) is 17.7 Å². The molecule has 1 saturated heterocycles. The van der Waals surface area contributed by atoms with Gasteiger partial charge < -0.3 is 29.6 Å². The normalized spacial score (nSPS) is 16.8. The molecule has 0 saturated carbocycles. The van der Waals surface area contributed by atoms with Crippen molar-refractivity contribution in [2.45, 2.75) is 12.1 Å². The van der Waals surface area contributed by atoms with E-state index in [0.717, 1.165) is 28.5 Å². The van der Waals surface area contributed by atoms with E-state index in [-0.39, 0.29) is 24.6 Å². The zero-order valence-electron chi connectivity index (χ0n) is 20.8. The van der Waals surface area contributed by atoms with Crippen LogP contribution in [0.15, 0.2) is 85.2 Å². The number of anilines is 2. The second-order valence-corrected chi connectivity index (χ2v) is 9.44. The number of rotatable bonds is 8. The Morgan fingerprint density at radius 2 is 1.87 bits per heavy atom. The molecule has 194 valence electrons. The minimum absolute atomic E-state index is 0.0611. The van der Waals surface area contributed by atoms with Crippen LogP contribution >= 0.6 is 23.8 Å². The number of thiocarbonyl (C=S) groups is 1. The molecule has 8 nitrogen and oxygen atoms in total. The first kappa shape index (κ1) is 25.7. The molecule has 1 fully saturated rings. The van der Waals surface area contributed by atoms with Crippen LogP contribution in [0.3, 0.4) is 0 Å². The van der Waals surface area contributed by atoms with Gasteiger partial charge in [0.05, 0.1) is 29.6 Å². The number of methoxy groups -OCH3 is 2. The van der Waals surface area contributed by atoms with Gasteiger partial charge >= 0.3 is 0 Å². The van der Waals surface area contributed by atoms with E-state index in [2.05, 4.69) is 26.3 Å². The predicted molar refractivity (Wildman–Crippen MR) is 152 cm³/mol. The molecular weight excluding hydrogens is 522 g/mol. The lowest BCUT2D eigenvalue weighted by molar-refractivity contribution is -0.119. The molecule has 0 unspecified atom stereocenters. The van der Waals surface area contributed by atoms with Crippen LogP contribution in [0.1, 0.15) is 23.5 Å². The second-order valence-electron chi connectivity index (χ2n) is 8.64. The molecule has 0 aliphatic carbocycles. The molecule has 10 heteroatoms. The minimum Gasteiger partial charge on any atom is -0.497 e. The highest BCUT2D eigenvalue weighted by atomic mass is 35.5. The summed E-state index contributed by atoms with van der Waals surface area (Å²) in [5.74, 6) is 0.498. The Bertz CT molecular complexity index is 1440. The van der Waals surface area contributed by atoms with Gasteiger partial charge in [0.2, 0.25) is 5.91 Å². The van der Waals surface area contributed by atoms with Gasteiger partial charge in [-0.3, -0.25) is 9.78 Å². The van der Waals surface area contributed by atoms with E-state index in [4.69, 9.17) is 33.3 Å². The Morgan fingerprint density at radius 1 is 1.08 bits per heavy atom. The van der Waals surface area contributed by atoms with Crippen LogP contribution in [-0.2, 0) is 9.53 Å². The Morgan fingerprint density at radius 3 is 2.55 bits per heavy atom. The van der Waals surface area contributed by atoms with Crippen LogP contribution in [0.2, 0.25) is 5.02 Å². The van der Waals surface area contributed by atoms with Crippen molar-refractivity contribution in [3.63, 3.8) is 0 Å². The molecule has 0 radical (unpaired) electrons. The van der Waals surface area contributed by atoms with Gasteiger partial charge in [0.25, 0.3) is 0 Å². The second kappa shape index (κ2) is 11.2. The molecular formula is C28H26ClN5O3S. The largest absolute Gasteiger partial charge is 0.497 e. The van der Waals surface area contributed by atoms with E-state index in [1.165, 1.54) is 7.11 Å². The van der Waals surface area contributed by atoms with Crippen LogP contribution in [0, 0.1) is 0 Å². The molecule has 4 aromatic rings. The van der Waals surface area contributed by atoms with Crippen molar-refractivity contribution in [2.75, 3.05) is 31.0 Å². The molecule has 2 aromatic heterocycles. The molecule has 1 amide bonds. The molecule has 3 heterocycles. The first-order chi connectivity index (χ1) is 18.5. The third-order valence-electron chi connectivity index (χ3n) is 6.31. The first-order valence-electron chi connectivity index (χ1n) is 11.9. The maximum Gasteiger partial charge on any atom is 0.250 e. The summed E-state index contributed by atoms with van der Waals surface area (Å²) in [6.45, 7) is -0.0611. The zero-order valence-corrected chi connectivity index (χ0v) is 22.4. The van der Waals surface area contributed by atoms with Gasteiger partial charge in [-0.05, 0) is 78.9 Å². The number of ether oxygens (including phenoxy) is 2. The van der Waals surface area contributed by atoms with Gasteiger partial charge in [0.15, 0.2) is 5.11 Å². The highest BCUT2D eigenvalue weighted by Crippen LogP contribution is 2.43. The van der Waals surface area contributed by atoms with Crippen molar-refractivity contribution in [2.24, 2.45) is 0 Å². The van der Waals surface area contributed by atoms with Crippen molar-refractivity contribution in [1.82, 2.24) is 14.9 Å². The third kappa shape index (κ3) is 5.08. The first-order valence-corrected chi connectivity index (χ1v) is 12.7. The lowest BCUT2D eigenvalue weighted by Crippen LogP contribution is -2.30. The SMILES string of the molecule is COCC(=O)Nc1ccc(N2C(=S)N[C@H](c3ccccn3)[C@H]2c2cccn2-c2ccc(OC)cc2)cc1Cl. The van der Waals surface area contributed by atoms with Gasteiger partial charge in [-0.15, -0.1) is 0 Å². The van der Waals surface area contributed by atoms with Gasteiger partial charge in [-0.2, -0.15) is 0 Å². The Balaban J connectivity index is 1.57.